The van der Waals surface area contributed by atoms with Gasteiger partial charge in [0.15, 0.2) is 5.96 Å². The van der Waals surface area contributed by atoms with Crippen LogP contribution in [0.5, 0.6) is 0 Å². The van der Waals surface area contributed by atoms with Crippen LogP contribution in [0, 0.1) is 12.3 Å². The predicted octanol–water partition coefficient (Wildman–Crippen LogP) is 5.18. The fraction of sp³-hybridized carbons (Fsp3) is 0.231. The van der Waals surface area contributed by atoms with Crippen LogP contribution in [0.1, 0.15) is 10.4 Å². The van der Waals surface area contributed by atoms with Crippen molar-refractivity contribution in [2.24, 2.45) is 10.7 Å². The number of Topliss-reactive ketones (excluding diaryl/α,β-unsaturated/α-hetero) is 2. The quantitative estimate of drug-likeness (QED) is 0.0876. The molecule has 1 aliphatic rings. The molecule has 3 aromatic rings. The molecule has 2 aromatic carbocycles. The van der Waals surface area contributed by atoms with Crippen molar-refractivity contribution in [3.05, 3.63) is 59.0 Å². The van der Waals surface area contributed by atoms with Crippen LogP contribution in [0.3, 0.4) is 0 Å². The van der Waals surface area contributed by atoms with Crippen molar-refractivity contribution >= 4 is 62.0 Å². The number of nitrogens with zero attached hydrogens (tertiary/aromatic N) is 1. The van der Waals surface area contributed by atoms with Gasteiger partial charge < -0.3 is 16.4 Å². The number of ketones is 2. The first-order valence-corrected chi connectivity index (χ1v) is 15.6. The molecule has 0 unspecified atom stereocenters. The molecule has 1 aromatic heterocycles. The predicted molar refractivity (Wildman–Crippen MR) is 155 cm³/mol. The maximum absolute atomic E-state index is 13.4. The van der Waals surface area contributed by atoms with Crippen LogP contribution in [0.2, 0.25) is 0 Å². The number of amidine groups is 1. The third kappa shape index (κ3) is 8.17. The zero-order valence-electron chi connectivity index (χ0n) is 22.7. The summed E-state index contributed by atoms with van der Waals surface area (Å²) in [5, 5.41) is 14.1. The Morgan fingerprint density at radius 3 is 2.18 bits per heavy atom. The van der Waals surface area contributed by atoms with Crippen molar-refractivity contribution < 1.29 is 44.3 Å². The molecule has 0 saturated carbocycles. The Labute approximate surface area is 255 Å². The van der Waals surface area contributed by atoms with E-state index in [2.05, 4.69) is 15.6 Å². The number of sulfone groups is 1. The zero-order valence-corrected chi connectivity index (χ0v) is 25.1. The number of nitrogens with one attached hydrogen (secondary N) is 3. The highest BCUT2D eigenvalue weighted by atomic mass is 32.2. The molecule has 44 heavy (non-hydrogen) atoms. The number of thiophene rings is 1. The van der Waals surface area contributed by atoms with Crippen molar-refractivity contribution in [3.8, 4) is 11.1 Å². The van der Waals surface area contributed by atoms with Crippen molar-refractivity contribution in [3.63, 3.8) is 0 Å². The Bertz CT molecular complexity index is 1710. The Morgan fingerprint density at radius 2 is 1.68 bits per heavy atom. The van der Waals surface area contributed by atoms with Crippen LogP contribution >= 0.6 is 23.1 Å². The van der Waals surface area contributed by atoms with E-state index in [4.69, 9.17) is 11.1 Å². The lowest BCUT2D eigenvalue weighted by molar-refractivity contribution is -0.193. The number of aryl methyl sites for hydroxylation is 1. The number of thioether (sulfide) groups is 1. The van der Waals surface area contributed by atoms with E-state index in [0.29, 0.717) is 9.09 Å². The highest BCUT2D eigenvalue weighted by Crippen LogP contribution is 2.38. The van der Waals surface area contributed by atoms with Crippen molar-refractivity contribution in [1.82, 2.24) is 5.32 Å². The molecule has 5 N–H and O–H groups in total. The van der Waals surface area contributed by atoms with E-state index in [0.717, 1.165) is 41.4 Å². The second-order valence-electron chi connectivity index (χ2n) is 8.88. The number of guanidine groups is 1. The Balaban J connectivity index is 0.000000375. The molecule has 0 aliphatic carbocycles. The molecule has 0 atom stereocenters. The molecule has 18 heteroatoms. The van der Waals surface area contributed by atoms with Gasteiger partial charge in [-0.05, 0) is 60.2 Å². The van der Waals surface area contributed by atoms with Crippen molar-refractivity contribution in [2.75, 3.05) is 24.7 Å². The monoisotopic (exact) mass is 679 g/mol. The molecular formula is C26H23F6N5O4S3. The van der Waals surface area contributed by atoms with Gasteiger partial charge >= 0.3 is 23.9 Å². The van der Waals surface area contributed by atoms with Gasteiger partial charge in [0.2, 0.25) is 9.84 Å². The summed E-state index contributed by atoms with van der Waals surface area (Å²) in [4.78, 5) is 24.4. The summed E-state index contributed by atoms with van der Waals surface area (Å²) in [6.07, 6.45) is -9.73. The average molecular weight is 680 g/mol. The number of anilines is 1. The third-order valence-electron chi connectivity index (χ3n) is 5.75. The number of nitrogens with two attached hydrogens (primary N) is 1. The van der Waals surface area contributed by atoms with E-state index in [1.54, 1.807) is 18.2 Å². The largest absolute Gasteiger partial charge is 0.458 e. The number of halogens is 6. The fourth-order valence-corrected chi connectivity index (χ4v) is 7.62. The first kappa shape index (κ1) is 34.6. The van der Waals surface area contributed by atoms with Gasteiger partial charge in [0.05, 0.1) is 25.4 Å². The van der Waals surface area contributed by atoms with Gasteiger partial charge in [-0.1, -0.05) is 18.2 Å². The molecule has 236 valence electrons. The van der Waals surface area contributed by atoms with E-state index in [1.165, 1.54) is 29.2 Å². The van der Waals surface area contributed by atoms with Crippen molar-refractivity contribution in [2.45, 2.75) is 33.3 Å². The average Bonchev–Trinajstić information content (AvgIpc) is 3.62. The topological polar surface area (TPSA) is 155 Å². The minimum Gasteiger partial charge on any atom is -0.383 e. The second kappa shape index (κ2) is 13.4. The van der Waals surface area contributed by atoms with Crippen LogP contribution in [0.25, 0.3) is 11.1 Å². The zero-order chi connectivity index (χ0) is 33.0. The van der Waals surface area contributed by atoms with Gasteiger partial charge in [-0.2, -0.15) is 26.3 Å². The number of nitrogen functional groups attached to an aromatic ring is 1. The van der Waals surface area contributed by atoms with Crippen LogP contribution < -0.4 is 16.4 Å². The molecule has 2 heterocycles. The number of hydrogen-bond acceptors (Lipinski definition) is 10. The number of carbonyl (C=O) groups is 2. The lowest BCUT2D eigenvalue weighted by Crippen LogP contribution is -2.39. The van der Waals surface area contributed by atoms with Crippen LogP contribution in [0.15, 0.2) is 67.5 Å². The van der Waals surface area contributed by atoms with Crippen molar-refractivity contribution in [1.29, 1.82) is 5.41 Å². The van der Waals surface area contributed by atoms with Crippen LogP contribution in [-0.2, 0) is 19.4 Å². The van der Waals surface area contributed by atoms with Gasteiger partial charge in [-0.15, -0.1) is 23.1 Å². The molecule has 9 nitrogen and oxygen atoms in total. The highest BCUT2D eigenvalue weighted by molar-refractivity contribution is 8.01. The molecule has 0 bridgehead atoms. The number of aliphatic imine (C=N–C) groups is 1. The third-order valence-corrected chi connectivity index (χ3v) is 10.1. The Hall–Kier alpha value is -3.90. The summed E-state index contributed by atoms with van der Waals surface area (Å²) < 4.78 is 94.4. The summed E-state index contributed by atoms with van der Waals surface area (Å²) in [5.41, 5.74) is 9.29. The summed E-state index contributed by atoms with van der Waals surface area (Å²) in [6, 6.07) is 14.4. The van der Waals surface area contributed by atoms with Gasteiger partial charge in [0.1, 0.15) is 5.84 Å². The fourth-order valence-electron chi connectivity index (χ4n) is 3.72. The first-order chi connectivity index (χ1) is 20.4. The molecular weight excluding hydrogens is 657 g/mol. The lowest BCUT2D eigenvalue weighted by atomic mass is 10.00. The summed E-state index contributed by atoms with van der Waals surface area (Å²) in [7, 11) is -3.76. The maximum atomic E-state index is 13.4. The number of hydrogen-bond donors (Lipinski definition) is 4. The SMILES string of the molecule is CSc1sc(C(=N)N)cc1S(=O)(=O)c1cccc(-c2ccc(NC3=NCCN3)cc2C)c1.O=C(C(=O)C(F)(F)F)C(F)(F)F. The Morgan fingerprint density at radius 1 is 1.05 bits per heavy atom. The molecule has 0 fully saturated rings. The number of alkyl halides is 6. The van der Waals surface area contributed by atoms with E-state index in [9.17, 15) is 44.3 Å². The summed E-state index contributed by atoms with van der Waals surface area (Å²) in [5.74, 6) is -6.19. The van der Waals surface area contributed by atoms with Crippen LogP contribution in [0.4, 0.5) is 32.0 Å². The van der Waals surface area contributed by atoms with E-state index in [1.807, 2.05) is 37.4 Å². The number of benzene rings is 2. The smallest absolute Gasteiger partial charge is 0.383 e. The van der Waals surface area contributed by atoms with Gasteiger partial charge in [-0.25, -0.2) is 8.42 Å². The second-order valence-corrected chi connectivity index (χ2v) is 12.9. The molecule has 0 radical (unpaired) electrons. The number of rotatable bonds is 7. The minimum atomic E-state index is -5.77. The molecule has 4 rings (SSSR count). The van der Waals surface area contributed by atoms with Gasteiger partial charge in [0, 0.05) is 12.2 Å². The first-order valence-electron chi connectivity index (χ1n) is 12.1. The minimum absolute atomic E-state index is 0.136. The maximum Gasteiger partial charge on any atom is 0.458 e. The van der Waals surface area contributed by atoms with Gasteiger partial charge in [-0.3, -0.25) is 20.0 Å². The summed E-state index contributed by atoms with van der Waals surface area (Å²) >= 11 is 2.56. The Kier molecular flexibility index (Phi) is 10.5. The normalized spacial score (nSPS) is 13.3. The molecule has 1 aliphatic heterocycles. The van der Waals surface area contributed by atoms with E-state index < -0.39 is 33.8 Å². The van der Waals surface area contributed by atoms with Crippen LogP contribution in [-0.4, -0.2) is 63.5 Å². The molecule has 0 amide bonds. The van der Waals surface area contributed by atoms with Gasteiger partial charge in [0.25, 0.3) is 0 Å². The highest BCUT2D eigenvalue weighted by Gasteiger charge is 2.54. The summed E-state index contributed by atoms with van der Waals surface area (Å²) in [6.45, 7) is 3.59. The standard InChI is InChI=1S/C22H23N5O2S3.C4F6O2/c1-13-10-15(27-22-25-8-9-26-22)6-7-17(13)14-4-3-5-16(11-14)32(28,29)19-12-18(20(23)24)31-21(19)30-2;5-3(6,7)1(11)2(12)4(8,9)10/h3-7,10-12H,8-9H2,1-2H3,(H3,23,24)(H2,25,26,27);. The molecule has 0 saturated heterocycles. The lowest BCUT2D eigenvalue weighted by Gasteiger charge is -2.12. The molecule has 0 spiro atoms. The van der Waals surface area contributed by atoms with E-state index in [-0.39, 0.29) is 15.6 Å². The van der Waals surface area contributed by atoms with E-state index >= 15 is 0 Å². The number of carbonyl (C=O) groups excluding carboxylic acids is 2.